The van der Waals surface area contributed by atoms with Gasteiger partial charge < -0.3 is 9.84 Å². The Morgan fingerprint density at radius 3 is 2.75 bits per heavy atom. The predicted molar refractivity (Wildman–Crippen MR) is 82.4 cm³/mol. The first-order valence-electron chi connectivity index (χ1n) is 7.71. The second-order valence-electron chi connectivity index (χ2n) is 5.88. The van der Waals surface area contributed by atoms with Crippen molar-refractivity contribution in [2.75, 3.05) is 6.61 Å². The van der Waals surface area contributed by atoms with E-state index in [1.54, 1.807) is 0 Å². The topological polar surface area (TPSA) is 29.5 Å². The van der Waals surface area contributed by atoms with Gasteiger partial charge in [0.25, 0.3) is 0 Å². The van der Waals surface area contributed by atoms with Crippen molar-refractivity contribution < 1.29 is 9.84 Å². The van der Waals surface area contributed by atoms with E-state index in [2.05, 4.69) is 25.1 Å². The molecule has 0 saturated heterocycles. The molecule has 0 aliphatic heterocycles. The Hall–Kier alpha value is -1.12. The maximum absolute atomic E-state index is 9.95. The summed E-state index contributed by atoms with van der Waals surface area (Å²) >= 11 is 0. The molecule has 1 aromatic carbocycles. The molecule has 1 fully saturated rings. The molecule has 1 N–H and O–H groups in total. The van der Waals surface area contributed by atoms with E-state index < -0.39 is 0 Å². The number of hydrogen-bond donors (Lipinski definition) is 1. The molecule has 1 aromatic rings. The molecule has 0 unspecified atom stereocenters. The number of rotatable bonds is 6. The molecule has 1 saturated carbocycles. The lowest BCUT2D eigenvalue weighted by Gasteiger charge is -2.26. The van der Waals surface area contributed by atoms with Crippen LogP contribution < -0.4 is 0 Å². The van der Waals surface area contributed by atoms with Gasteiger partial charge in [0.1, 0.15) is 0 Å². The average molecular weight is 274 g/mol. The Bertz CT molecular complexity index is 411. The molecule has 20 heavy (non-hydrogen) atoms. The van der Waals surface area contributed by atoms with E-state index in [4.69, 9.17) is 4.74 Å². The van der Waals surface area contributed by atoms with E-state index >= 15 is 0 Å². The van der Waals surface area contributed by atoms with Gasteiger partial charge in [-0.2, -0.15) is 0 Å². The van der Waals surface area contributed by atoms with Crippen molar-refractivity contribution >= 4 is 0 Å². The van der Waals surface area contributed by atoms with Gasteiger partial charge in [-0.15, -0.1) is 0 Å². The highest BCUT2D eigenvalue weighted by Gasteiger charge is 2.21. The number of hydrogen-bond acceptors (Lipinski definition) is 2. The van der Waals surface area contributed by atoms with Crippen LogP contribution in [0.1, 0.15) is 44.6 Å². The number of aliphatic hydroxyl groups is 1. The van der Waals surface area contributed by atoms with Crippen LogP contribution in [0.3, 0.4) is 0 Å². The zero-order valence-electron chi connectivity index (χ0n) is 12.4. The molecular weight excluding hydrogens is 248 g/mol. The summed E-state index contributed by atoms with van der Waals surface area (Å²) in [7, 11) is 0. The van der Waals surface area contributed by atoms with Crippen molar-refractivity contribution in [1.82, 2.24) is 0 Å². The maximum Gasteiger partial charge on any atom is 0.0721 e. The molecule has 2 nitrogen and oxygen atoms in total. The monoisotopic (exact) mass is 274 g/mol. The van der Waals surface area contributed by atoms with E-state index in [0.29, 0.717) is 19.1 Å². The van der Waals surface area contributed by atoms with Crippen molar-refractivity contribution in [2.24, 2.45) is 5.92 Å². The number of ether oxygens (including phenoxy) is 1. The van der Waals surface area contributed by atoms with Crippen LogP contribution in [0.25, 0.3) is 0 Å². The van der Waals surface area contributed by atoms with Crippen molar-refractivity contribution in [3.8, 4) is 0 Å². The first-order chi connectivity index (χ1) is 9.75. The Balaban J connectivity index is 1.68. The molecule has 0 bridgehead atoms. The minimum atomic E-state index is -0.0990. The van der Waals surface area contributed by atoms with Crippen LogP contribution in [0, 0.1) is 5.92 Å². The third kappa shape index (κ3) is 5.10. The van der Waals surface area contributed by atoms with Gasteiger partial charge in [0.05, 0.1) is 19.3 Å². The zero-order valence-corrected chi connectivity index (χ0v) is 12.4. The second kappa shape index (κ2) is 8.23. The smallest absolute Gasteiger partial charge is 0.0721 e. The van der Waals surface area contributed by atoms with Gasteiger partial charge >= 0.3 is 0 Å². The highest BCUT2D eigenvalue weighted by Crippen LogP contribution is 2.27. The summed E-state index contributed by atoms with van der Waals surface area (Å²) in [5.41, 5.74) is 2.47. The molecule has 1 aliphatic rings. The Morgan fingerprint density at radius 1 is 1.25 bits per heavy atom. The van der Waals surface area contributed by atoms with Gasteiger partial charge in [0.2, 0.25) is 0 Å². The largest absolute Gasteiger partial charge is 0.393 e. The van der Waals surface area contributed by atoms with Crippen LogP contribution in [0.15, 0.2) is 42.0 Å². The molecule has 2 atom stereocenters. The second-order valence-corrected chi connectivity index (χ2v) is 5.88. The first kappa shape index (κ1) is 15.3. The SMILES string of the molecule is C/C(=C\C[C@@H]1CCCC[C@H]1O)COCc1ccccc1. The summed E-state index contributed by atoms with van der Waals surface area (Å²) < 4.78 is 5.72. The fourth-order valence-corrected chi connectivity index (χ4v) is 2.78. The van der Waals surface area contributed by atoms with E-state index in [9.17, 15) is 5.11 Å². The molecule has 0 radical (unpaired) electrons. The lowest BCUT2D eigenvalue weighted by Crippen LogP contribution is -2.23. The van der Waals surface area contributed by atoms with E-state index in [1.165, 1.54) is 24.0 Å². The van der Waals surface area contributed by atoms with Gasteiger partial charge in [0, 0.05) is 0 Å². The molecule has 0 aromatic heterocycles. The standard InChI is InChI=1S/C18H26O2/c1-15(11-12-17-9-5-6-10-18(17)19)13-20-14-16-7-3-2-4-8-16/h2-4,7-8,11,17-19H,5-6,9-10,12-14H2,1H3/b15-11+/t17-,18+/m0/s1. The number of benzene rings is 1. The summed E-state index contributed by atoms with van der Waals surface area (Å²) in [4.78, 5) is 0. The summed E-state index contributed by atoms with van der Waals surface area (Å²) in [5.74, 6) is 0.452. The zero-order chi connectivity index (χ0) is 14.2. The highest BCUT2D eigenvalue weighted by molar-refractivity contribution is 5.13. The van der Waals surface area contributed by atoms with E-state index in [1.807, 2.05) is 18.2 Å². The van der Waals surface area contributed by atoms with Crippen LogP contribution >= 0.6 is 0 Å². The third-order valence-corrected chi connectivity index (χ3v) is 4.08. The van der Waals surface area contributed by atoms with Crippen LogP contribution in [-0.2, 0) is 11.3 Å². The predicted octanol–water partition coefficient (Wildman–Crippen LogP) is 4.09. The fourth-order valence-electron chi connectivity index (χ4n) is 2.78. The quantitative estimate of drug-likeness (QED) is 0.792. The summed E-state index contributed by atoms with van der Waals surface area (Å²) in [6.07, 6.45) is 7.71. The first-order valence-corrected chi connectivity index (χ1v) is 7.71. The van der Waals surface area contributed by atoms with Gasteiger partial charge in [-0.25, -0.2) is 0 Å². The van der Waals surface area contributed by atoms with Gasteiger partial charge in [-0.1, -0.05) is 54.8 Å². The Kier molecular flexibility index (Phi) is 6.28. The fraction of sp³-hybridized carbons (Fsp3) is 0.556. The van der Waals surface area contributed by atoms with Crippen molar-refractivity contribution in [3.63, 3.8) is 0 Å². The van der Waals surface area contributed by atoms with Crippen LogP contribution in [-0.4, -0.2) is 17.8 Å². The number of allylic oxidation sites excluding steroid dienone is 1. The van der Waals surface area contributed by atoms with Gasteiger partial charge in [0.15, 0.2) is 0 Å². The van der Waals surface area contributed by atoms with Gasteiger partial charge in [-0.3, -0.25) is 0 Å². The van der Waals surface area contributed by atoms with Crippen molar-refractivity contribution in [3.05, 3.63) is 47.5 Å². The molecule has 0 spiro atoms. The summed E-state index contributed by atoms with van der Waals surface area (Å²) in [5, 5.41) is 9.95. The molecule has 2 rings (SSSR count). The summed E-state index contributed by atoms with van der Waals surface area (Å²) in [6, 6.07) is 10.2. The minimum Gasteiger partial charge on any atom is -0.393 e. The molecule has 110 valence electrons. The van der Waals surface area contributed by atoms with Crippen LogP contribution in [0.2, 0.25) is 0 Å². The highest BCUT2D eigenvalue weighted by atomic mass is 16.5. The van der Waals surface area contributed by atoms with Crippen molar-refractivity contribution in [1.29, 1.82) is 0 Å². The van der Waals surface area contributed by atoms with Crippen LogP contribution in [0.4, 0.5) is 0 Å². The molecule has 0 heterocycles. The van der Waals surface area contributed by atoms with Crippen LogP contribution in [0.5, 0.6) is 0 Å². The number of aliphatic hydroxyl groups excluding tert-OH is 1. The maximum atomic E-state index is 9.95. The average Bonchev–Trinajstić information content (AvgIpc) is 2.47. The van der Waals surface area contributed by atoms with E-state index in [-0.39, 0.29) is 6.10 Å². The van der Waals surface area contributed by atoms with Gasteiger partial charge in [-0.05, 0) is 37.7 Å². The summed E-state index contributed by atoms with van der Waals surface area (Å²) in [6.45, 7) is 3.45. The Labute approximate surface area is 122 Å². The third-order valence-electron chi connectivity index (χ3n) is 4.08. The van der Waals surface area contributed by atoms with E-state index in [0.717, 1.165) is 19.3 Å². The molecule has 1 aliphatic carbocycles. The lowest BCUT2D eigenvalue weighted by atomic mass is 9.84. The molecular formula is C18H26O2. The molecule has 0 amide bonds. The minimum absolute atomic E-state index is 0.0990. The normalized spacial score (nSPS) is 23.8. The Morgan fingerprint density at radius 2 is 2.00 bits per heavy atom. The van der Waals surface area contributed by atoms with Crippen molar-refractivity contribution in [2.45, 2.75) is 51.7 Å². The molecule has 2 heteroatoms. The lowest BCUT2D eigenvalue weighted by molar-refractivity contribution is 0.0710.